The van der Waals surface area contributed by atoms with E-state index in [1.807, 2.05) is 0 Å². The molecular formula is C19H16ClN3O4S. The van der Waals surface area contributed by atoms with Gasteiger partial charge in [0.05, 0.1) is 27.7 Å². The molecule has 28 heavy (non-hydrogen) atoms. The van der Waals surface area contributed by atoms with Gasteiger partial charge < -0.3 is 10.1 Å². The van der Waals surface area contributed by atoms with Crippen molar-refractivity contribution in [1.29, 1.82) is 0 Å². The summed E-state index contributed by atoms with van der Waals surface area (Å²) in [6.07, 6.45) is 1.57. The third-order valence-corrected chi connectivity index (χ3v) is 6.21. The summed E-state index contributed by atoms with van der Waals surface area (Å²) < 4.78 is 33.0. The first-order chi connectivity index (χ1) is 13.4. The average Bonchev–Trinajstić information content (AvgIpc) is 2.69. The van der Waals surface area contributed by atoms with Crippen molar-refractivity contribution < 1.29 is 17.9 Å². The topological polar surface area (TPSA) is 97.4 Å². The molecule has 3 aromatic rings. The van der Waals surface area contributed by atoms with Crippen LogP contribution in [0.3, 0.4) is 0 Å². The number of hydrogen-bond acceptors (Lipinski definition) is 5. The number of sulfonamides is 1. The number of nitrogens with zero attached hydrogens (tertiary/aromatic N) is 1. The van der Waals surface area contributed by atoms with Crippen molar-refractivity contribution in [1.82, 2.24) is 10.3 Å². The molecule has 2 aromatic carbocycles. The van der Waals surface area contributed by atoms with Crippen LogP contribution in [0.2, 0.25) is 5.02 Å². The molecule has 2 heterocycles. The van der Waals surface area contributed by atoms with Crippen LogP contribution in [0.25, 0.3) is 22.0 Å². The minimum absolute atomic E-state index is 0.0831. The van der Waals surface area contributed by atoms with E-state index in [1.54, 1.807) is 37.6 Å². The Morgan fingerprint density at radius 2 is 2.07 bits per heavy atom. The van der Waals surface area contributed by atoms with Crippen molar-refractivity contribution >= 4 is 44.1 Å². The highest BCUT2D eigenvalue weighted by Crippen LogP contribution is 2.44. The van der Waals surface area contributed by atoms with Gasteiger partial charge in [-0.2, -0.15) is 0 Å². The molecule has 7 nitrogen and oxygen atoms in total. The highest BCUT2D eigenvalue weighted by molar-refractivity contribution is 7.93. The Morgan fingerprint density at radius 1 is 1.25 bits per heavy atom. The number of amides is 1. The molecular weight excluding hydrogens is 402 g/mol. The molecule has 1 amide bonds. The highest BCUT2D eigenvalue weighted by atomic mass is 35.5. The Hall–Kier alpha value is -2.68. The van der Waals surface area contributed by atoms with E-state index < -0.39 is 10.0 Å². The minimum Gasteiger partial charge on any atom is -0.383 e. The fourth-order valence-corrected chi connectivity index (χ4v) is 4.74. The summed E-state index contributed by atoms with van der Waals surface area (Å²) in [5.41, 5.74) is 2.13. The Bertz CT molecular complexity index is 1210. The second-order valence-corrected chi connectivity index (χ2v) is 8.30. The third kappa shape index (κ3) is 3.09. The Morgan fingerprint density at radius 3 is 2.86 bits per heavy atom. The van der Waals surface area contributed by atoms with Crippen LogP contribution in [0.15, 0.2) is 47.5 Å². The zero-order chi connectivity index (χ0) is 19.9. The molecule has 0 saturated heterocycles. The summed E-state index contributed by atoms with van der Waals surface area (Å²) in [4.78, 5) is 16.8. The van der Waals surface area contributed by atoms with E-state index >= 15 is 0 Å². The number of benzene rings is 2. The molecule has 1 aliphatic rings. The molecule has 0 fully saturated rings. The lowest BCUT2D eigenvalue weighted by Gasteiger charge is -2.23. The fourth-order valence-electron chi connectivity index (χ4n) is 3.19. The second-order valence-electron chi connectivity index (χ2n) is 6.25. The van der Waals surface area contributed by atoms with Gasteiger partial charge in [-0.25, -0.2) is 8.42 Å². The van der Waals surface area contributed by atoms with Crippen molar-refractivity contribution in [3.05, 3.63) is 53.2 Å². The maximum absolute atomic E-state index is 12.8. The predicted octanol–water partition coefficient (Wildman–Crippen LogP) is 3.05. The van der Waals surface area contributed by atoms with Crippen molar-refractivity contribution in [2.24, 2.45) is 0 Å². The number of anilines is 1. The second kappa shape index (κ2) is 7.05. The fraction of sp³-hybridized carbons (Fsp3) is 0.158. The van der Waals surface area contributed by atoms with Gasteiger partial charge in [-0.05, 0) is 36.4 Å². The van der Waals surface area contributed by atoms with Gasteiger partial charge in [0, 0.05) is 41.9 Å². The molecule has 2 N–H and O–H groups in total. The van der Waals surface area contributed by atoms with Gasteiger partial charge in [0.2, 0.25) is 0 Å². The van der Waals surface area contributed by atoms with E-state index in [2.05, 4.69) is 15.0 Å². The molecule has 9 heteroatoms. The van der Waals surface area contributed by atoms with E-state index in [9.17, 15) is 13.2 Å². The number of methoxy groups -OCH3 is 1. The van der Waals surface area contributed by atoms with E-state index in [4.69, 9.17) is 16.3 Å². The average molecular weight is 418 g/mol. The molecule has 1 aromatic heterocycles. The first-order valence-electron chi connectivity index (χ1n) is 8.44. The number of ether oxygens (including phenoxy) is 1. The van der Waals surface area contributed by atoms with E-state index in [-0.39, 0.29) is 10.8 Å². The van der Waals surface area contributed by atoms with Crippen LogP contribution >= 0.6 is 11.6 Å². The van der Waals surface area contributed by atoms with E-state index in [1.165, 1.54) is 12.1 Å². The van der Waals surface area contributed by atoms with Crippen LogP contribution in [0.1, 0.15) is 10.4 Å². The SMILES string of the molecule is COCCNC(=O)c1ccc2c(c1)-c1cc(Cl)c3cccnc3c1NS2(=O)=O. The van der Waals surface area contributed by atoms with Crippen LogP contribution in [-0.4, -0.2) is 39.6 Å². The van der Waals surface area contributed by atoms with E-state index in [0.29, 0.717) is 51.5 Å². The number of carbonyl (C=O) groups excluding carboxylic acids is 1. The summed E-state index contributed by atoms with van der Waals surface area (Å²) in [7, 11) is -2.26. The van der Waals surface area contributed by atoms with Gasteiger partial charge in [-0.3, -0.25) is 14.5 Å². The molecule has 0 spiro atoms. The summed E-state index contributed by atoms with van der Waals surface area (Å²) in [6, 6.07) is 9.64. The normalized spacial score (nSPS) is 14.1. The first kappa shape index (κ1) is 18.7. The van der Waals surface area contributed by atoms with Gasteiger partial charge in [0.25, 0.3) is 15.9 Å². The van der Waals surface area contributed by atoms with Crippen LogP contribution in [0, 0.1) is 0 Å². The molecule has 144 valence electrons. The smallest absolute Gasteiger partial charge is 0.262 e. The largest absolute Gasteiger partial charge is 0.383 e. The number of halogens is 1. The Balaban J connectivity index is 1.90. The standard InChI is InChI=1S/C19H16ClN3O4S/c1-27-8-7-22-19(24)11-4-5-16-13(9-11)14-10-15(20)12-3-2-6-21-17(12)18(14)23-28(16,25)26/h2-6,9-10,23H,7-8H2,1H3,(H,22,24). The summed E-state index contributed by atoms with van der Waals surface area (Å²) in [6.45, 7) is 0.730. The Labute approximate surface area is 166 Å². The third-order valence-electron chi connectivity index (χ3n) is 4.49. The monoisotopic (exact) mass is 417 g/mol. The number of carbonyl (C=O) groups is 1. The van der Waals surface area contributed by atoms with Crippen molar-refractivity contribution in [3.63, 3.8) is 0 Å². The molecule has 0 radical (unpaired) electrons. The number of hydrogen-bond donors (Lipinski definition) is 2. The van der Waals surface area contributed by atoms with Crippen LogP contribution < -0.4 is 10.0 Å². The molecule has 0 saturated carbocycles. The lowest BCUT2D eigenvalue weighted by Crippen LogP contribution is -2.27. The maximum Gasteiger partial charge on any atom is 0.262 e. The summed E-state index contributed by atoms with van der Waals surface area (Å²) in [5, 5.41) is 3.81. The van der Waals surface area contributed by atoms with Crippen LogP contribution in [-0.2, 0) is 14.8 Å². The molecule has 0 aliphatic carbocycles. The molecule has 1 aliphatic heterocycles. The number of aromatic nitrogens is 1. The van der Waals surface area contributed by atoms with Gasteiger partial charge in [-0.1, -0.05) is 11.6 Å². The molecule has 0 unspecified atom stereocenters. The zero-order valence-corrected chi connectivity index (χ0v) is 16.4. The molecule has 4 rings (SSSR count). The highest BCUT2D eigenvalue weighted by Gasteiger charge is 2.30. The number of nitrogens with one attached hydrogen (secondary N) is 2. The number of pyridine rings is 1. The molecule has 0 bridgehead atoms. The maximum atomic E-state index is 12.8. The summed E-state index contributed by atoms with van der Waals surface area (Å²) >= 11 is 6.41. The Kier molecular flexibility index (Phi) is 4.70. The van der Waals surface area contributed by atoms with Crippen LogP contribution in [0.4, 0.5) is 5.69 Å². The zero-order valence-electron chi connectivity index (χ0n) is 14.8. The van der Waals surface area contributed by atoms with Gasteiger partial charge in [-0.15, -0.1) is 0 Å². The van der Waals surface area contributed by atoms with Crippen molar-refractivity contribution in [2.45, 2.75) is 4.90 Å². The first-order valence-corrected chi connectivity index (χ1v) is 10.3. The molecule has 0 atom stereocenters. The number of rotatable bonds is 4. The van der Waals surface area contributed by atoms with Gasteiger partial charge in [0.15, 0.2) is 0 Å². The quantitative estimate of drug-likeness (QED) is 0.636. The lowest BCUT2D eigenvalue weighted by atomic mass is 9.98. The summed E-state index contributed by atoms with van der Waals surface area (Å²) in [5.74, 6) is -0.317. The van der Waals surface area contributed by atoms with Crippen molar-refractivity contribution in [3.8, 4) is 11.1 Å². The van der Waals surface area contributed by atoms with Crippen LogP contribution in [0.5, 0.6) is 0 Å². The minimum atomic E-state index is -3.81. The van der Waals surface area contributed by atoms with Gasteiger partial charge >= 0.3 is 0 Å². The van der Waals surface area contributed by atoms with E-state index in [0.717, 1.165) is 0 Å². The lowest BCUT2D eigenvalue weighted by molar-refractivity contribution is 0.0937. The van der Waals surface area contributed by atoms with Crippen molar-refractivity contribution in [2.75, 3.05) is 25.0 Å². The number of fused-ring (bicyclic) bond motifs is 5. The van der Waals surface area contributed by atoms with Gasteiger partial charge in [0.1, 0.15) is 0 Å². The predicted molar refractivity (Wildman–Crippen MR) is 107 cm³/mol.